The molecule has 0 saturated carbocycles. The van der Waals surface area contributed by atoms with E-state index in [1.165, 1.54) is 0 Å². The molecule has 3 aromatic rings. The minimum absolute atomic E-state index is 0.300. The van der Waals surface area contributed by atoms with Crippen molar-refractivity contribution in [2.75, 3.05) is 10.9 Å². The molecular weight excluding hydrogens is 342 g/mol. The van der Waals surface area contributed by atoms with Gasteiger partial charge < -0.3 is 0 Å². The molecule has 0 unspecified atom stereocenters. The van der Waals surface area contributed by atoms with Gasteiger partial charge in [-0.15, -0.1) is 0 Å². The number of carbonyl (C=O) groups is 2. The number of fused-ring (bicyclic) bond motifs is 1. The van der Waals surface area contributed by atoms with E-state index in [4.69, 9.17) is 0 Å². The smallest absolute Gasteiger partial charge is 0.258 e. The maximum Gasteiger partial charge on any atom is 0.258 e. The normalized spacial score (nSPS) is 12.0. The number of rotatable bonds is 4. The second-order valence-electron chi connectivity index (χ2n) is 5.48. The predicted molar refractivity (Wildman–Crippen MR) is 103 cm³/mol. The average Bonchev–Trinajstić information content (AvgIpc) is 3.02. The van der Waals surface area contributed by atoms with Gasteiger partial charge in [-0.25, -0.2) is 0 Å². The van der Waals surface area contributed by atoms with Crippen LogP contribution in [0.3, 0.4) is 0 Å². The zero-order chi connectivity index (χ0) is 18.9. The Morgan fingerprint density at radius 1 is 0.556 bits per heavy atom. The number of nitrogens with one attached hydrogen (secondary N) is 3. The molecule has 27 heavy (non-hydrogen) atoms. The molecule has 7 nitrogen and oxygen atoms in total. The van der Waals surface area contributed by atoms with Crippen molar-refractivity contribution in [1.82, 2.24) is 5.32 Å². The van der Waals surface area contributed by atoms with Gasteiger partial charge in [0.2, 0.25) is 0 Å². The zero-order valence-corrected chi connectivity index (χ0v) is 14.3. The molecule has 0 radical (unpaired) electrons. The van der Waals surface area contributed by atoms with E-state index in [9.17, 15) is 9.59 Å². The van der Waals surface area contributed by atoms with Crippen molar-refractivity contribution < 1.29 is 9.59 Å². The lowest BCUT2D eigenvalue weighted by atomic mass is 10.1. The molecule has 0 aliphatic carbocycles. The van der Waals surface area contributed by atoms with Crippen molar-refractivity contribution in [3.8, 4) is 0 Å². The van der Waals surface area contributed by atoms with E-state index in [2.05, 4.69) is 26.6 Å². The summed E-state index contributed by atoms with van der Waals surface area (Å²) < 4.78 is 0. The Balaban J connectivity index is 0.000000166. The molecule has 3 N–H and O–H groups in total. The number of para-hydroxylation sites is 2. The van der Waals surface area contributed by atoms with E-state index in [-0.39, 0.29) is 11.8 Å². The number of carbonyl (C=O) groups excluding carboxylic acids is 2. The molecule has 7 heteroatoms. The number of hydrogen-bond acceptors (Lipinski definition) is 4. The summed E-state index contributed by atoms with van der Waals surface area (Å²) in [7, 11) is 0. The Hall–Kier alpha value is -4.00. The molecule has 0 bridgehead atoms. The van der Waals surface area contributed by atoms with Gasteiger partial charge in [0, 0.05) is 0 Å². The molecule has 0 atom stereocenters. The van der Waals surface area contributed by atoms with Gasteiger partial charge in [0.25, 0.3) is 11.8 Å². The van der Waals surface area contributed by atoms with Gasteiger partial charge in [-0.3, -0.25) is 25.8 Å². The van der Waals surface area contributed by atoms with Crippen molar-refractivity contribution in [1.29, 1.82) is 0 Å². The van der Waals surface area contributed by atoms with Crippen LogP contribution >= 0.6 is 0 Å². The maximum atomic E-state index is 10.9. The highest BCUT2D eigenvalue weighted by molar-refractivity contribution is 6.21. The highest BCUT2D eigenvalue weighted by Gasteiger charge is 2.25. The van der Waals surface area contributed by atoms with Crippen LogP contribution in [0.2, 0.25) is 0 Å². The number of hydrogen-bond donors (Lipinski definition) is 3. The SMILES string of the molecule is O=C1NC(=O)c2ccccc21.c1ccc(NN=NNc2ccccc2)cc1. The number of amides is 2. The second kappa shape index (κ2) is 8.91. The summed E-state index contributed by atoms with van der Waals surface area (Å²) in [6.45, 7) is 0. The van der Waals surface area contributed by atoms with Gasteiger partial charge >= 0.3 is 0 Å². The van der Waals surface area contributed by atoms with E-state index in [1.54, 1.807) is 24.3 Å². The van der Waals surface area contributed by atoms with Crippen molar-refractivity contribution >= 4 is 23.2 Å². The molecule has 1 heterocycles. The summed E-state index contributed by atoms with van der Waals surface area (Å²) in [6.07, 6.45) is 0. The standard InChI is InChI=1S/C12H12N4.C8H5NO2/c1-3-7-11(8-4-1)13-15-16-14-12-9-5-2-6-10-12;10-7-5-3-1-2-4-6(5)8(11)9-7/h1-10H,(H,13,16)(H,14,15);1-4H,(H,9,10,11). The van der Waals surface area contributed by atoms with Crippen LogP contribution in [0.1, 0.15) is 20.7 Å². The Morgan fingerprint density at radius 3 is 1.33 bits per heavy atom. The van der Waals surface area contributed by atoms with Gasteiger partial charge in [0.05, 0.1) is 22.5 Å². The summed E-state index contributed by atoms with van der Waals surface area (Å²) in [6, 6.07) is 26.0. The van der Waals surface area contributed by atoms with E-state index >= 15 is 0 Å². The van der Waals surface area contributed by atoms with Gasteiger partial charge in [-0.05, 0) is 36.4 Å². The first-order valence-corrected chi connectivity index (χ1v) is 8.20. The summed E-state index contributed by atoms with van der Waals surface area (Å²) in [4.78, 5) is 21.9. The van der Waals surface area contributed by atoms with Crippen molar-refractivity contribution in [3.63, 3.8) is 0 Å². The average molecular weight is 359 g/mol. The van der Waals surface area contributed by atoms with E-state index in [1.807, 2.05) is 60.7 Å². The minimum atomic E-state index is -0.300. The molecule has 0 spiro atoms. The molecule has 0 saturated heterocycles. The highest BCUT2D eigenvalue weighted by atomic mass is 16.2. The molecular formula is C20H17N5O2. The van der Waals surface area contributed by atoms with Crippen LogP contribution in [-0.4, -0.2) is 11.8 Å². The Morgan fingerprint density at radius 2 is 0.926 bits per heavy atom. The van der Waals surface area contributed by atoms with Crippen molar-refractivity contribution in [3.05, 3.63) is 96.1 Å². The Bertz CT molecular complexity index is 866. The quantitative estimate of drug-likeness (QED) is 0.372. The molecule has 0 fully saturated rings. The van der Waals surface area contributed by atoms with Crippen LogP contribution in [0.25, 0.3) is 0 Å². The summed E-state index contributed by atoms with van der Waals surface area (Å²) in [5.74, 6) is -0.601. The maximum absolute atomic E-state index is 10.9. The molecule has 0 aromatic heterocycles. The van der Waals surface area contributed by atoms with Crippen LogP contribution in [0.4, 0.5) is 11.4 Å². The number of benzene rings is 3. The fourth-order valence-electron chi connectivity index (χ4n) is 2.31. The first-order chi connectivity index (χ1) is 13.2. The second-order valence-corrected chi connectivity index (χ2v) is 5.48. The van der Waals surface area contributed by atoms with Gasteiger partial charge in [-0.1, -0.05) is 59.0 Å². The van der Waals surface area contributed by atoms with Crippen molar-refractivity contribution in [2.24, 2.45) is 10.4 Å². The summed E-state index contributed by atoms with van der Waals surface area (Å²) in [5, 5.41) is 9.81. The lowest BCUT2D eigenvalue weighted by molar-refractivity contribution is 0.0879. The highest BCUT2D eigenvalue weighted by Crippen LogP contribution is 2.13. The number of imide groups is 1. The molecule has 2 amide bonds. The first kappa shape index (κ1) is 17.8. The van der Waals surface area contributed by atoms with E-state index < -0.39 is 0 Å². The molecule has 134 valence electrons. The monoisotopic (exact) mass is 359 g/mol. The van der Waals surface area contributed by atoms with Gasteiger partial charge in [-0.2, -0.15) is 0 Å². The van der Waals surface area contributed by atoms with E-state index in [0.717, 1.165) is 11.4 Å². The number of nitrogens with zero attached hydrogens (tertiary/aromatic N) is 2. The minimum Gasteiger partial charge on any atom is -0.288 e. The molecule has 1 aliphatic rings. The van der Waals surface area contributed by atoms with Crippen LogP contribution in [0, 0.1) is 0 Å². The van der Waals surface area contributed by atoms with Gasteiger partial charge in [0.1, 0.15) is 0 Å². The van der Waals surface area contributed by atoms with Crippen LogP contribution < -0.4 is 16.2 Å². The largest absolute Gasteiger partial charge is 0.288 e. The van der Waals surface area contributed by atoms with Crippen LogP contribution in [-0.2, 0) is 0 Å². The predicted octanol–water partition coefficient (Wildman–Crippen LogP) is 4.06. The number of anilines is 2. The summed E-state index contributed by atoms with van der Waals surface area (Å²) in [5.41, 5.74) is 8.37. The third kappa shape index (κ3) is 4.99. The Labute approximate surface area is 156 Å². The third-order valence-corrected chi connectivity index (χ3v) is 3.60. The fraction of sp³-hybridized carbons (Fsp3) is 0. The van der Waals surface area contributed by atoms with E-state index in [0.29, 0.717) is 11.1 Å². The lowest BCUT2D eigenvalue weighted by Gasteiger charge is -1.98. The zero-order valence-electron chi connectivity index (χ0n) is 14.3. The topological polar surface area (TPSA) is 95.0 Å². The third-order valence-electron chi connectivity index (χ3n) is 3.60. The lowest BCUT2D eigenvalue weighted by Crippen LogP contribution is -2.19. The van der Waals surface area contributed by atoms with Crippen LogP contribution in [0.15, 0.2) is 95.4 Å². The molecule has 1 aliphatic heterocycles. The Kier molecular flexibility index (Phi) is 5.88. The van der Waals surface area contributed by atoms with Crippen LogP contribution in [0.5, 0.6) is 0 Å². The molecule has 3 aromatic carbocycles. The summed E-state index contributed by atoms with van der Waals surface area (Å²) >= 11 is 0. The first-order valence-electron chi connectivity index (χ1n) is 8.20. The van der Waals surface area contributed by atoms with Crippen molar-refractivity contribution in [2.45, 2.75) is 0 Å². The van der Waals surface area contributed by atoms with Gasteiger partial charge in [0.15, 0.2) is 0 Å². The fourth-order valence-corrected chi connectivity index (χ4v) is 2.31. The molecule has 4 rings (SSSR count).